The van der Waals surface area contributed by atoms with Crippen molar-refractivity contribution < 1.29 is 58.3 Å². The summed E-state index contributed by atoms with van der Waals surface area (Å²) in [4.78, 5) is 74.4. The van der Waals surface area contributed by atoms with Crippen molar-refractivity contribution in [2.24, 2.45) is 11.7 Å². The average Bonchev–Trinajstić information content (AvgIpc) is 3.26. The number of unbranched alkanes of at least 4 members (excludes halogenated alkanes) is 22. The third kappa shape index (κ3) is 28.4. The van der Waals surface area contributed by atoms with Crippen LogP contribution in [0.25, 0.3) is 0 Å². The number of carbonyl (C=O) groups excluding carboxylic acids is 5. The van der Waals surface area contributed by atoms with Crippen LogP contribution in [0, 0.1) is 5.92 Å². The fraction of sp³-hybridized carbons (Fsp3) is 0.878. The summed E-state index contributed by atoms with van der Waals surface area (Å²) >= 11 is 0. The molecule has 0 aromatic carbocycles. The molecular weight excluding hydrogens is 837 g/mol. The summed E-state index contributed by atoms with van der Waals surface area (Å²) in [6, 6.07) is -3.73. The topological polar surface area (TPSA) is 253 Å². The maximum atomic E-state index is 13.7. The number of aliphatic hydroxyl groups is 2. The number of nitrogens with two attached hydrogens (primary N) is 1. The number of esters is 1. The van der Waals surface area contributed by atoms with Gasteiger partial charge >= 0.3 is 11.9 Å². The van der Waals surface area contributed by atoms with E-state index in [1.165, 1.54) is 122 Å². The molecule has 1 fully saturated rings. The largest absolute Gasteiger partial charge is 0.481 e. The minimum atomic E-state index is -1.69. The van der Waals surface area contributed by atoms with Crippen molar-refractivity contribution in [1.82, 2.24) is 16.0 Å². The molecule has 1 saturated heterocycles. The van der Waals surface area contributed by atoms with Crippen LogP contribution in [0.5, 0.6) is 0 Å². The Hall–Kier alpha value is -3.34. The number of primary amides is 1. The van der Waals surface area contributed by atoms with Crippen LogP contribution in [0.4, 0.5) is 0 Å². The minimum absolute atomic E-state index is 0.0855. The molecule has 1 aliphatic rings. The van der Waals surface area contributed by atoms with Crippen LogP contribution in [0.3, 0.4) is 0 Å². The lowest BCUT2D eigenvalue weighted by Gasteiger charge is -2.42. The summed E-state index contributed by atoms with van der Waals surface area (Å²) in [5.41, 5.74) is 5.33. The first-order valence-electron chi connectivity index (χ1n) is 25.4. The number of carboxylic acid groups (broad SMARTS) is 1. The van der Waals surface area contributed by atoms with E-state index in [-0.39, 0.29) is 18.8 Å². The minimum Gasteiger partial charge on any atom is -0.481 e. The van der Waals surface area contributed by atoms with Gasteiger partial charge in [0.15, 0.2) is 6.29 Å². The molecule has 1 aliphatic heterocycles. The Morgan fingerprint density at radius 1 is 0.646 bits per heavy atom. The van der Waals surface area contributed by atoms with E-state index in [1.807, 2.05) is 0 Å². The Balaban J connectivity index is 2.84. The first kappa shape index (κ1) is 59.7. The number of carbonyl (C=O) groups is 6. The van der Waals surface area contributed by atoms with Crippen LogP contribution in [-0.2, 0) is 43.0 Å². The standard InChI is InChI=1S/C49H90N4O12/c1-5-8-10-12-14-16-18-20-22-24-26-28-30-37(31-29-27-25-23-21-19-17-15-13-11-9-6-2)48(61)64-34-40-44(58)45(43(49(62)65-40)51-36(4)54)63-35-41(55)52-38(7-3)47(60)53-39(46(50)59)32-33-42(56)57/h37-40,43-45,49,58,62H,5-35H2,1-4H3,(H2,50,59)(H,51,54)(H,52,55)(H,53,60)(H,56,57)/t38-,39+,40+,43+,44+,45+,49?/m0/s1. The molecule has 16 heteroatoms. The van der Waals surface area contributed by atoms with Gasteiger partial charge in [-0.1, -0.05) is 175 Å². The van der Waals surface area contributed by atoms with E-state index in [2.05, 4.69) is 29.8 Å². The van der Waals surface area contributed by atoms with E-state index in [0.717, 1.165) is 38.5 Å². The van der Waals surface area contributed by atoms with E-state index in [0.29, 0.717) is 12.8 Å². The second kappa shape index (κ2) is 37.7. The monoisotopic (exact) mass is 927 g/mol. The van der Waals surface area contributed by atoms with E-state index in [9.17, 15) is 39.0 Å². The van der Waals surface area contributed by atoms with Crippen molar-refractivity contribution in [3.8, 4) is 0 Å². The lowest BCUT2D eigenvalue weighted by molar-refractivity contribution is -0.263. The number of ether oxygens (including phenoxy) is 3. The second-order valence-electron chi connectivity index (χ2n) is 18.2. The lowest BCUT2D eigenvalue weighted by atomic mass is 9.93. The van der Waals surface area contributed by atoms with Crippen molar-refractivity contribution >= 4 is 35.6 Å². The SMILES string of the molecule is CCCCCCCCCCCCCCC(CCCCCCCCCCCCCC)C(=O)OC[C@H]1OC(O)[C@H](NC(C)=O)[C@@H](OCC(=O)N[C@@H](CC)C(=O)N[C@H](CCC(=O)O)C(N)=O)[C@@H]1O. The highest BCUT2D eigenvalue weighted by Crippen LogP contribution is 2.26. The highest BCUT2D eigenvalue weighted by atomic mass is 16.6. The summed E-state index contributed by atoms with van der Waals surface area (Å²) in [6.45, 7) is 6.15. The molecule has 1 rings (SSSR count). The molecule has 8 N–H and O–H groups in total. The van der Waals surface area contributed by atoms with Crippen molar-refractivity contribution in [3.05, 3.63) is 0 Å². The average molecular weight is 927 g/mol. The van der Waals surface area contributed by atoms with Crippen LogP contribution in [-0.4, -0.2) is 107 Å². The fourth-order valence-corrected chi connectivity index (χ4v) is 8.37. The normalized spacial score (nSPS) is 19.3. The molecule has 378 valence electrons. The van der Waals surface area contributed by atoms with Crippen LogP contribution in [0.15, 0.2) is 0 Å². The van der Waals surface area contributed by atoms with Crippen LogP contribution in [0.1, 0.15) is 214 Å². The second-order valence-corrected chi connectivity index (χ2v) is 18.2. The number of carboxylic acids is 1. The molecule has 0 saturated carbocycles. The van der Waals surface area contributed by atoms with Gasteiger partial charge in [0.2, 0.25) is 23.6 Å². The molecule has 65 heavy (non-hydrogen) atoms. The summed E-state index contributed by atoms with van der Waals surface area (Å²) in [6.07, 6.45) is 24.2. The molecule has 0 bridgehead atoms. The van der Waals surface area contributed by atoms with Gasteiger partial charge in [0.05, 0.1) is 5.92 Å². The first-order valence-corrected chi connectivity index (χ1v) is 25.4. The zero-order chi connectivity index (χ0) is 48.2. The number of aliphatic carboxylic acids is 1. The number of hydrogen-bond acceptors (Lipinski definition) is 11. The highest BCUT2D eigenvalue weighted by molar-refractivity contribution is 5.92. The predicted molar refractivity (Wildman–Crippen MR) is 250 cm³/mol. The zero-order valence-corrected chi connectivity index (χ0v) is 40.6. The molecular formula is C49H90N4O12. The van der Waals surface area contributed by atoms with Gasteiger partial charge in [0, 0.05) is 13.3 Å². The third-order valence-corrected chi connectivity index (χ3v) is 12.4. The Bertz CT molecular complexity index is 1290. The molecule has 1 heterocycles. The van der Waals surface area contributed by atoms with Gasteiger partial charge in [-0.3, -0.25) is 28.8 Å². The van der Waals surface area contributed by atoms with E-state index in [4.69, 9.17) is 25.1 Å². The first-order chi connectivity index (χ1) is 31.2. The highest BCUT2D eigenvalue weighted by Gasteiger charge is 2.47. The maximum Gasteiger partial charge on any atom is 0.309 e. The summed E-state index contributed by atoms with van der Waals surface area (Å²) in [7, 11) is 0. The molecule has 0 spiro atoms. The van der Waals surface area contributed by atoms with Crippen LogP contribution < -0.4 is 21.7 Å². The van der Waals surface area contributed by atoms with E-state index < -0.39 is 97.9 Å². The van der Waals surface area contributed by atoms with Crippen molar-refractivity contribution in [2.75, 3.05) is 13.2 Å². The van der Waals surface area contributed by atoms with Crippen LogP contribution in [0.2, 0.25) is 0 Å². The molecule has 0 aromatic heterocycles. The summed E-state index contributed by atoms with van der Waals surface area (Å²) in [5, 5.41) is 38.6. The number of hydrogen-bond donors (Lipinski definition) is 7. The number of aliphatic hydroxyl groups excluding tert-OH is 2. The molecule has 4 amide bonds. The van der Waals surface area contributed by atoms with Crippen molar-refractivity contribution in [1.29, 1.82) is 0 Å². The fourth-order valence-electron chi connectivity index (χ4n) is 8.37. The number of amides is 4. The molecule has 0 radical (unpaired) electrons. The van der Waals surface area contributed by atoms with E-state index >= 15 is 0 Å². The van der Waals surface area contributed by atoms with Gasteiger partial charge in [0.1, 0.15) is 49.7 Å². The van der Waals surface area contributed by atoms with Gasteiger partial charge in [0.25, 0.3) is 0 Å². The van der Waals surface area contributed by atoms with Gasteiger partial charge in [-0.25, -0.2) is 0 Å². The summed E-state index contributed by atoms with van der Waals surface area (Å²) in [5.74, 6) is -4.98. The Morgan fingerprint density at radius 3 is 1.52 bits per heavy atom. The zero-order valence-electron chi connectivity index (χ0n) is 40.6. The van der Waals surface area contributed by atoms with Gasteiger partial charge in [-0.05, 0) is 25.7 Å². The molecule has 16 nitrogen and oxygen atoms in total. The number of nitrogens with one attached hydrogen (secondary N) is 3. The molecule has 0 aromatic rings. The smallest absolute Gasteiger partial charge is 0.309 e. The van der Waals surface area contributed by atoms with Crippen LogP contribution >= 0.6 is 0 Å². The molecule has 1 unspecified atom stereocenters. The Morgan fingerprint density at radius 2 is 1.11 bits per heavy atom. The van der Waals surface area contributed by atoms with E-state index in [1.54, 1.807) is 6.92 Å². The molecule has 7 atom stereocenters. The lowest BCUT2D eigenvalue weighted by Crippen LogP contribution is -2.65. The van der Waals surface area contributed by atoms with Crippen molar-refractivity contribution in [2.45, 2.75) is 257 Å². The third-order valence-electron chi connectivity index (χ3n) is 12.4. The number of rotatable bonds is 41. The van der Waals surface area contributed by atoms with Gasteiger partial charge in [-0.2, -0.15) is 0 Å². The van der Waals surface area contributed by atoms with Gasteiger partial charge < -0.3 is 51.2 Å². The molecule has 0 aliphatic carbocycles. The summed E-state index contributed by atoms with van der Waals surface area (Å²) < 4.78 is 17.2. The quantitative estimate of drug-likeness (QED) is 0.0241. The maximum absolute atomic E-state index is 13.7. The Labute approximate surface area is 390 Å². The predicted octanol–water partition coefficient (Wildman–Crippen LogP) is 7.03. The van der Waals surface area contributed by atoms with Crippen molar-refractivity contribution in [3.63, 3.8) is 0 Å². The Kier molecular flexibility index (Phi) is 34.6. The van der Waals surface area contributed by atoms with Gasteiger partial charge in [-0.15, -0.1) is 0 Å².